The molecule has 0 fully saturated rings. The van der Waals surface area contributed by atoms with E-state index in [4.69, 9.17) is 11.6 Å². The quantitative estimate of drug-likeness (QED) is 0.662. The number of amides is 1. The van der Waals surface area contributed by atoms with E-state index in [-0.39, 0.29) is 5.91 Å². The van der Waals surface area contributed by atoms with Crippen LogP contribution < -0.4 is 0 Å². The van der Waals surface area contributed by atoms with Crippen molar-refractivity contribution in [3.8, 4) is 0 Å². The third-order valence-corrected chi connectivity index (χ3v) is 5.69. The summed E-state index contributed by atoms with van der Waals surface area (Å²) in [5.74, 6) is 0.194. The smallest absolute Gasteiger partial charge is 0.227 e. The highest BCUT2D eigenvalue weighted by Crippen LogP contribution is 2.29. The van der Waals surface area contributed by atoms with E-state index in [0.29, 0.717) is 6.42 Å². The lowest BCUT2D eigenvalue weighted by atomic mass is 9.99. The van der Waals surface area contributed by atoms with Crippen LogP contribution >= 0.6 is 22.9 Å². The maximum absolute atomic E-state index is 12.7. The Morgan fingerprint density at radius 2 is 2.00 bits per heavy atom. The van der Waals surface area contributed by atoms with Crippen molar-refractivity contribution in [2.45, 2.75) is 19.4 Å². The second-order valence-electron chi connectivity index (χ2n) is 5.91. The van der Waals surface area contributed by atoms with Crippen LogP contribution in [-0.4, -0.2) is 17.4 Å². The summed E-state index contributed by atoms with van der Waals surface area (Å²) in [6.45, 7) is 1.52. The van der Waals surface area contributed by atoms with E-state index >= 15 is 0 Å². The van der Waals surface area contributed by atoms with Crippen LogP contribution in [0.1, 0.15) is 16.7 Å². The maximum atomic E-state index is 12.7. The zero-order valence-corrected chi connectivity index (χ0v) is 14.2. The monoisotopic (exact) mass is 341 g/mol. The van der Waals surface area contributed by atoms with Gasteiger partial charge in [-0.15, -0.1) is 11.3 Å². The Morgan fingerprint density at radius 3 is 2.87 bits per heavy atom. The summed E-state index contributed by atoms with van der Waals surface area (Å²) in [5, 5.41) is 3.90. The summed E-state index contributed by atoms with van der Waals surface area (Å²) in [6, 6.07) is 14.3. The Labute approximate surface area is 144 Å². The molecule has 4 rings (SSSR count). The van der Waals surface area contributed by atoms with Crippen molar-refractivity contribution >= 4 is 38.9 Å². The third kappa shape index (κ3) is 2.87. The van der Waals surface area contributed by atoms with Gasteiger partial charge in [0.1, 0.15) is 0 Å². The number of nitrogens with zero attached hydrogens (tertiary/aromatic N) is 1. The van der Waals surface area contributed by atoms with Gasteiger partial charge in [-0.3, -0.25) is 4.79 Å². The highest BCUT2D eigenvalue weighted by atomic mass is 35.5. The third-order valence-electron chi connectivity index (χ3n) is 4.44. The summed E-state index contributed by atoms with van der Waals surface area (Å²) < 4.78 is 1.18. The van der Waals surface area contributed by atoms with E-state index in [1.54, 1.807) is 11.3 Å². The lowest BCUT2D eigenvalue weighted by Crippen LogP contribution is -2.36. The Hall–Kier alpha value is -1.84. The maximum Gasteiger partial charge on any atom is 0.227 e. The number of thiophene rings is 1. The van der Waals surface area contributed by atoms with Gasteiger partial charge in [-0.25, -0.2) is 0 Å². The first-order chi connectivity index (χ1) is 11.2. The van der Waals surface area contributed by atoms with E-state index in [1.165, 1.54) is 15.8 Å². The molecule has 0 bridgehead atoms. The summed E-state index contributed by atoms with van der Waals surface area (Å²) in [4.78, 5) is 14.7. The molecule has 116 valence electrons. The molecule has 0 N–H and O–H groups in total. The van der Waals surface area contributed by atoms with E-state index in [0.717, 1.165) is 35.5 Å². The number of carbonyl (C=O) groups excluding carboxylic acids is 1. The average molecular weight is 342 g/mol. The molecule has 1 aromatic heterocycles. The Kier molecular flexibility index (Phi) is 3.83. The van der Waals surface area contributed by atoms with Crippen LogP contribution in [0, 0.1) is 0 Å². The molecule has 0 saturated heterocycles. The van der Waals surface area contributed by atoms with Crippen molar-refractivity contribution in [3.05, 3.63) is 69.6 Å². The van der Waals surface area contributed by atoms with Crippen molar-refractivity contribution in [3.63, 3.8) is 0 Å². The van der Waals surface area contributed by atoms with Gasteiger partial charge in [0.05, 0.1) is 6.42 Å². The molecule has 3 aromatic rings. The van der Waals surface area contributed by atoms with E-state index in [2.05, 4.69) is 23.6 Å². The Morgan fingerprint density at radius 1 is 1.17 bits per heavy atom. The van der Waals surface area contributed by atoms with Gasteiger partial charge in [0.2, 0.25) is 5.91 Å². The van der Waals surface area contributed by atoms with Gasteiger partial charge < -0.3 is 4.90 Å². The minimum atomic E-state index is 0.194. The van der Waals surface area contributed by atoms with Crippen molar-refractivity contribution < 1.29 is 4.79 Å². The molecule has 1 aliphatic rings. The standard InChI is InChI=1S/C19H16ClNOS/c20-16-5-6-18-17(10-16)15(12-23-18)9-19(22)21-8-7-13-3-1-2-4-14(13)11-21/h1-6,10,12H,7-9,11H2. The highest BCUT2D eigenvalue weighted by molar-refractivity contribution is 7.17. The SMILES string of the molecule is O=C(Cc1csc2ccc(Cl)cc12)N1CCc2ccccc2C1. The predicted molar refractivity (Wildman–Crippen MR) is 96.1 cm³/mol. The lowest BCUT2D eigenvalue weighted by Gasteiger charge is -2.29. The van der Waals surface area contributed by atoms with Crippen LogP contribution in [0.2, 0.25) is 5.02 Å². The van der Waals surface area contributed by atoms with Gasteiger partial charge in [0, 0.05) is 22.8 Å². The predicted octanol–water partition coefficient (Wildman–Crippen LogP) is 4.68. The van der Waals surface area contributed by atoms with Crippen LogP contribution in [0.5, 0.6) is 0 Å². The summed E-state index contributed by atoms with van der Waals surface area (Å²) in [5.41, 5.74) is 3.71. The highest BCUT2D eigenvalue weighted by Gasteiger charge is 2.21. The molecule has 0 radical (unpaired) electrons. The van der Waals surface area contributed by atoms with Gasteiger partial charge >= 0.3 is 0 Å². The Bertz CT molecular complexity index is 886. The molecule has 0 aliphatic carbocycles. The number of benzene rings is 2. The molecule has 2 nitrogen and oxygen atoms in total. The molecule has 23 heavy (non-hydrogen) atoms. The van der Waals surface area contributed by atoms with E-state index < -0.39 is 0 Å². The minimum Gasteiger partial charge on any atom is -0.338 e. The molecular formula is C19H16ClNOS. The zero-order chi connectivity index (χ0) is 15.8. The van der Waals surface area contributed by atoms with Crippen molar-refractivity contribution in [2.24, 2.45) is 0 Å². The summed E-state index contributed by atoms with van der Waals surface area (Å²) in [6.07, 6.45) is 1.39. The molecule has 1 amide bonds. The fourth-order valence-corrected chi connectivity index (χ4v) is 4.29. The topological polar surface area (TPSA) is 20.3 Å². The fraction of sp³-hybridized carbons (Fsp3) is 0.211. The minimum absolute atomic E-state index is 0.194. The molecule has 0 spiro atoms. The largest absolute Gasteiger partial charge is 0.338 e. The first-order valence-electron chi connectivity index (χ1n) is 7.71. The molecule has 2 heterocycles. The molecule has 0 saturated carbocycles. The van der Waals surface area contributed by atoms with E-state index in [9.17, 15) is 4.79 Å². The van der Waals surface area contributed by atoms with Crippen molar-refractivity contribution in [1.29, 1.82) is 0 Å². The summed E-state index contributed by atoms with van der Waals surface area (Å²) in [7, 11) is 0. The number of hydrogen-bond donors (Lipinski definition) is 0. The fourth-order valence-electron chi connectivity index (χ4n) is 3.17. The molecule has 1 aliphatic heterocycles. The molecule has 0 unspecified atom stereocenters. The first kappa shape index (κ1) is 14.7. The number of hydrogen-bond acceptors (Lipinski definition) is 2. The molecule has 4 heteroatoms. The lowest BCUT2D eigenvalue weighted by molar-refractivity contribution is -0.131. The van der Waals surface area contributed by atoms with E-state index in [1.807, 2.05) is 29.2 Å². The average Bonchev–Trinajstić information content (AvgIpc) is 2.96. The van der Waals surface area contributed by atoms with Gasteiger partial charge in [0.25, 0.3) is 0 Å². The van der Waals surface area contributed by atoms with Crippen LogP contribution in [0.4, 0.5) is 0 Å². The van der Waals surface area contributed by atoms with Crippen molar-refractivity contribution in [1.82, 2.24) is 4.90 Å². The Balaban J connectivity index is 1.55. The number of halogens is 1. The van der Waals surface area contributed by atoms with Gasteiger partial charge in [-0.2, -0.15) is 0 Å². The van der Waals surface area contributed by atoms with Gasteiger partial charge in [-0.05, 0) is 52.1 Å². The van der Waals surface area contributed by atoms with Crippen LogP contribution in [-0.2, 0) is 24.2 Å². The number of rotatable bonds is 2. The normalized spacial score (nSPS) is 14.0. The van der Waals surface area contributed by atoms with Gasteiger partial charge in [-0.1, -0.05) is 35.9 Å². The zero-order valence-electron chi connectivity index (χ0n) is 12.6. The first-order valence-corrected chi connectivity index (χ1v) is 8.96. The second-order valence-corrected chi connectivity index (χ2v) is 7.26. The number of fused-ring (bicyclic) bond motifs is 2. The van der Waals surface area contributed by atoms with Crippen LogP contribution in [0.25, 0.3) is 10.1 Å². The van der Waals surface area contributed by atoms with Gasteiger partial charge in [0.15, 0.2) is 0 Å². The number of carbonyl (C=O) groups is 1. The molecule has 0 atom stereocenters. The van der Waals surface area contributed by atoms with Crippen LogP contribution in [0.3, 0.4) is 0 Å². The molecular weight excluding hydrogens is 326 g/mol. The molecule has 2 aromatic carbocycles. The van der Waals surface area contributed by atoms with Crippen LogP contribution in [0.15, 0.2) is 47.8 Å². The summed E-state index contributed by atoms with van der Waals surface area (Å²) >= 11 is 7.77. The second kappa shape index (κ2) is 5.99. The van der Waals surface area contributed by atoms with Crippen molar-refractivity contribution in [2.75, 3.05) is 6.54 Å².